The summed E-state index contributed by atoms with van der Waals surface area (Å²) in [5, 5.41) is 3.64. The Labute approximate surface area is 192 Å². The number of rotatable bonds is 9. The molecule has 0 aliphatic rings. The van der Waals surface area contributed by atoms with Crippen molar-refractivity contribution < 1.29 is 13.6 Å². The highest BCUT2D eigenvalue weighted by Crippen LogP contribution is 2.26. The summed E-state index contributed by atoms with van der Waals surface area (Å²) in [4.78, 5) is 20.5. The highest BCUT2D eigenvalue weighted by atomic mass is 35.5. The Kier molecular flexibility index (Phi) is 8.36. The monoisotopic (exact) mass is 477 g/mol. The van der Waals surface area contributed by atoms with Crippen LogP contribution in [0.5, 0.6) is 0 Å². The molecule has 10 heteroatoms. The summed E-state index contributed by atoms with van der Waals surface area (Å²) in [5.41, 5.74) is 2.41. The van der Waals surface area contributed by atoms with E-state index in [1.807, 2.05) is 0 Å². The lowest BCUT2D eigenvalue weighted by Crippen LogP contribution is -2.28. The minimum absolute atomic E-state index is 0.180. The molecule has 0 radical (unpaired) electrons. The highest BCUT2D eigenvalue weighted by Gasteiger charge is 2.12. The van der Waals surface area contributed by atoms with Crippen molar-refractivity contribution in [1.82, 2.24) is 15.3 Å². The number of hydrogen-bond donors (Lipinski definition) is 1. The van der Waals surface area contributed by atoms with Crippen LogP contribution >= 0.6 is 23.2 Å². The van der Waals surface area contributed by atoms with Crippen LogP contribution < -0.4 is 9.62 Å². The molecule has 1 unspecified atom stereocenters. The number of amides is 1. The number of hydrogen-bond acceptors (Lipinski definition) is 5. The molecule has 162 valence electrons. The molecule has 0 saturated heterocycles. The third kappa shape index (κ3) is 6.48. The molecular formula is C21H19Cl2N4O3S-. The number of nitrogens with one attached hydrogen (secondary N) is 1. The van der Waals surface area contributed by atoms with Crippen molar-refractivity contribution in [3.05, 3.63) is 87.9 Å². The van der Waals surface area contributed by atoms with Crippen LogP contribution in [0.15, 0.2) is 61.1 Å². The van der Waals surface area contributed by atoms with E-state index in [4.69, 9.17) is 23.2 Å². The lowest BCUT2D eigenvalue weighted by molar-refractivity contribution is 0.0954. The van der Waals surface area contributed by atoms with Gasteiger partial charge >= 0.3 is 0 Å². The second-order valence-electron chi connectivity index (χ2n) is 6.53. The summed E-state index contributed by atoms with van der Waals surface area (Å²) in [7, 11) is 0. The lowest BCUT2D eigenvalue weighted by Gasteiger charge is -2.26. The molecule has 7 nitrogen and oxygen atoms in total. The topological polar surface area (TPSA) is 98.2 Å². The third-order valence-corrected chi connectivity index (χ3v) is 6.11. The van der Waals surface area contributed by atoms with Gasteiger partial charge in [0.05, 0.1) is 15.7 Å². The van der Waals surface area contributed by atoms with E-state index in [1.165, 1.54) is 4.31 Å². The zero-order chi connectivity index (χ0) is 22.2. The van der Waals surface area contributed by atoms with Gasteiger partial charge in [0.2, 0.25) is 0 Å². The maximum atomic E-state index is 12.3. The Balaban J connectivity index is 1.60. The van der Waals surface area contributed by atoms with Crippen molar-refractivity contribution in [3.63, 3.8) is 0 Å². The molecular weight excluding hydrogens is 459 g/mol. The van der Waals surface area contributed by atoms with Crippen LogP contribution in [0.4, 0.5) is 5.69 Å². The van der Waals surface area contributed by atoms with Gasteiger partial charge in [-0.3, -0.25) is 19.0 Å². The number of nitrogens with zero attached hydrogens (tertiary/aromatic N) is 3. The van der Waals surface area contributed by atoms with Gasteiger partial charge < -0.3 is 14.2 Å². The number of halogens is 2. The van der Waals surface area contributed by atoms with E-state index < -0.39 is 11.3 Å². The minimum atomic E-state index is -2.49. The van der Waals surface area contributed by atoms with Gasteiger partial charge in [0.25, 0.3) is 5.91 Å². The molecule has 3 rings (SSSR count). The van der Waals surface area contributed by atoms with Gasteiger partial charge in [0, 0.05) is 60.6 Å². The number of aromatic nitrogens is 2. The van der Waals surface area contributed by atoms with Gasteiger partial charge in [0.15, 0.2) is 0 Å². The van der Waals surface area contributed by atoms with Crippen LogP contribution in [0, 0.1) is 0 Å². The van der Waals surface area contributed by atoms with Crippen LogP contribution in [-0.2, 0) is 24.1 Å². The average molecular weight is 478 g/mol. The van der Waals surface area contributed by atoms with Gasteiger partial charge in [-0.2, -0.15) is 0 Å². The highest BCUT2D eigenvalue weighted by molar-refractivity contribution is 7.80. The predicted molar refractivity (Wildman–Crippen MR) is 121 cm³/mol. The molecule has 1 heterocycles. The molecule has 1 N–H and O–H groups in total. The Morgan fingerprint density at radius 1 is 1.10 bits per heavy atom. The molecule has 2 aromatic carbocycles. The Hall–Kier alpha value is -2.52. The molecule has 0 fully saturated rings. The van der Waals surface area contributed by atoms with Crippen molar-refractivity contribution in [2.24, 2.45) is 0 Å². The minimum Gasteiger partial charge on any atom is -0.755 e. The molecule has 0 saturated carbocycles. The summed E-state index contributed by atoms with van der Waals surface area (Å²) in [6.45, 7) is 0.593. The van der Waals surface area contributed by atoms with E-state index in [0.717, 1.165) is 11.3 Å². The van der Waals surface area contributed by atoms with Crippen LogP contribution in [0.1, 0.15) is 21.6 Å². The molecule has 1 aromatic heterocycles. The smallest absolute Gasteiger partial charge is 0.251 e. The van der Waals surface area contributed by atoms with Crippen molar-refractivity contribution in [1.29, 1.82) is 0 Å². The fraction of sp³-hybridized carbons (Fsp3) is 0.190. The maximum absolute atomic E-state index is 12.3. The quantitative estimate of drug-likeness (QED) is 0.474. The van der Waals surface area contributed by atoms with Gasteiger partial charge in [0.1, 0.15) is 0 Å². The zero-order valence-corrected chi connectivity index (χ0v) is 18.7. The molecule has 31 heavy (non-hydrogen) atoms. The van der Waals surface area contributed by atoms with Crippen LogP contribution in [-0.4, -0.2) is 37.7 Å². The number of carbonyl (C=O) groups excluding carboxylic acids is 1. The van der Waals surface area contributed by atoms with Gasteiger partial charge in [-0.1, -0.05) is 35.3 Å². The van der Waals surface area contributed by atoms with Crippen LogP contribution in [0.25, 0.3) is 0 Å². The van der Waals surface area contributed by atoms with E-state index in [0.29, 0.717) is 40.7 Å². The van der Waals surface area contributed by atoms with Gasteiger partial charge in [-0.05, 0) is 42.3 Å². The first-order valence-corrected chi connectivity index (χ1v) is 11.2. The second kappa shape index (κ2) is 11.2. The van der Waals surface area contributed by atoms with Gasteiger partial charge in [-0.25, -0.2) is 0 Å². The SMILES string of the molecule is O=C(NCCc1cnccn1)c1ccc(N(CCc2cccc(Cl)c2Cl)S(=O)[O-])cc1. The fourth-order valence-electron chi connectivity index (χ4n) is 2.90. The number of benzene rings is 2. The molecule has 1 atom stereocenters. The summed E-state index contributed by atoms with van der Waals surface area (Å²) < 4.78 is 24.7. The molecule has 3 aromatic rings. The second-order valence-corrected chi connectivity index (χ2v) is 8.19. The Bertz CT molecular complexity index is 1050. The van der Waals surface area contributed by atoms with Crippen molar-refractivity contribution >= 4 is 46.1 Å². The fourth-order valence-corrected chi connectivity index (χ4v) is 3.85. The first-order chi connectivity index (χ1) is 15.0. The molecule has 0 spiro atoms. The Morgan fingerprint density at radius 3 is 2.55 bits per heavy atom. The van der Waals surface area contributed by atoms with Crippen molar-refractivity contribution in [3.8, 4) is 0 Å². The normalized spacial score (nSPS) is 11.7. The number of carbonyl (C=O) groups is 1. The largest absolute Gasteiger partial charge is 0.755 e. The zero-order valence-electron chi connectivity index (χ0n) is 16.3. The summed E-state index contributed by atoms with van der Waals surface area (Å²) in [5.74, 6) is -0.254. The predicted octanol–water partition coefficient (Wildman–Crippen LogP) is 3.60. The van der Waals surface area contributed by atoms with Crippen LogP contribution in [0.3, 0.4) is 0 Å². The van der Waals surface area contributed by atoms with E-state index in [-0.39, 0.29) is 12.5 Å². The first kappa shape index (κ1) is 23.1. The van der Waals surface area contributed by atoms with E-state index in [1.54, 1.807) is 61.1 Å². The molecule has 0 aliphatic heterocycles. The molecule has 0 bridgehead atoms. The standard InChI is InChI=1S/C21H20Cl2N4O3S/c22-19-3-1-2-15(20(19)23)9-13-27(31(29)30)18-6-4-16(5-7-18)21(28)26-10-8-17-14-24-11-12-25-17/h1-7,11-12,14H,8-10,13H2,(H,26,28)(H,29,30)/p-1. The lowest BCUT2D eigenvalue weighted by atomic mass is 10.1. The van der Waals surface area contributed by atoms with E-state index in [2.05, 4.69) is 15.3 Å². The van der Waals surface area contributed by atoms with Gasteiger partial charge in [-0.15, -0.1) is 0 Å². The first-order valence-electron chi connectivity index (χ1n) is 9.38. The Morgan fingerprint density at radius 2 is 1.87 bits per heavy atom. The van der Waals surface area contributed by atoms with Crippen molar-refractivity contribution in [2.75, 3.05) is 17.4 Å². The summed E-state index contributed by atoms with van der Waals surface area (Å²) in [6, 6.07) is 11.6. The summed E-state index contributed by atoms with van der Waals surface area (Å²) >= 11 is 9.71. The maximum Gasteiger partial charge on any atom is 0.251 e. The van der Waals surface area contributed by atoms with E-state index >= 15 is 0 Å². The molecule has 0 aliphatic carbocycles. The average Bonchev–Trinajstić information content (AvgIpc) is 2.77. The van der Waals surface area contributed by atoms with E-state index in [9.17, 15) is 13.6 Å². The van der Waals surface area contributed by atoms with Crippen molar-refractivity contribution in [2.45, 2.75) is 12.8 Å². The molecule has 1 amide bonds. The van der Waals surface area contributed by atoms with Crippen LogP contribution in [0.2, 0.25) is 10.0 Å². The third-order valence-electron chi connectivity index (χ3n) is 4.50. The number of anilines is 1. The summed E-state index contributed by atoms with van der Waals surface area (Å²) in [6.07, 6.45) is 5.78.